The molecule has 0 fully saturated rings. The molecule has 0 radical (unpaired) electrons. The first-order chi connectivity index (χ1) is 8.60. The van der Waals surface area contributed by atoms with Gasteiger partial charge in [0.1, 0.15) is 0 Å². The number of rotatable bonds is 2. The number of carbonyl (C=O) groups excluding carboxylic acids is 1. The van der Waals surface area contributed by atoms with Gasteiger partial charge in [-0.1, -0.05) is 17.4 Å². The average Bonchev–Trinajstić information content (AvgIpc) is 2.67. The van der Waals surface area contributed by atoms with Gasteiger partial charge >= 0.3 is 5.97 Å². The number of carbonyl (C=O) groups is 1. The molecule has 0 aliphatic heterocycles. The Hall–Kier alpha value is -1.67. The quantitative estimate of drug-likeness (QED) is 0.675. The topological polar surface area (TPSA) is 76.7 Å². The molecule has 0 spiro atoms. The smallest absolute Gasteiger partial charge is 0.356 e. The molecule has 0 bridgehead atoms. The van der Waals surface area contributed by atoms with Crippen LogP contribution in [0, 0.1) is 0 Å². The van der Waals surface area contributed by atoms with Gasteiger partial charge in [-0.25, -0.2) is 9.78 Å². The lowest BCUT2D eigenvalue weighted by molar-refractivity contribution is 0.0594. The second-order valence-corrected chi connectivity index (χ2v) is 5.54. The number of halogens is 1. The molecular formula is C10H8BrN3O3S. The molecule has 6 nitrogen and oxygen atoms in total. The van der Waals surface area contributed by atoms with Crippen LogP contribution in [0.1, 0.15) is 10.5 Å². The van der Waals surface area contributed by atoms with Crippen LogP contribution in [0.15, 0.2) is 33.2 Å². The normalized spacial score (nSPS) is 11.6. The van der Waals surface area contributed by atoms with Gasteiger partial charge in [0.25, 0.3) is 0 Å². The Morgan fingerprint density at radius 1 is 1.61 bits per heavy atom. The van der Waals surface area contributed by atoms with E-state index >= 15 is 0 Å². The predicted octanol–water partition coefficient (Wildman–Crippen LogP) is 1.96. The monoisotopic (exact) mass is 329 g/mol. The number of esters is 1. The second kappa shape index (κ2) is 5.32. The first-order valence-electron chi connectivity index (χ1n) is 4.77. The maximum Gasteiger partial charge on any atom is 0.356 e. The van der Waals surface area contributed by atoms with Gasteiger partial charge in [-0.05, 0) is 28.1 Å². The van der Waals surface area contributed by atoms with Crippen LogP contribution in [0.5, 0.6) is 0 Å². The molecular weight excluding hydrogens is 322 g/mol. The van der Waals surface area contributed by atoms with Gasteiger partial charge in [0.2, 0.25) is 4.80 Å². The molecule has 2 aromatic rings. The van der Waals surface area contributed by atoms with Gasteiger partial charge in [-0.2, -0.15) is 9.72 Å². The van der Waals surface area contributed by atoms with E-state index < -0.39 is 5.97 Å². The standard InChI is InChI=1S/C10H8BrN3O3S/c1-17-9(15)6-3-2-4-8(12-6)13-10-14(16)5-7(11)18-10/h2-5,16H,1H3/b13-10-. The number of hydrogen-bond donors (Lipinski definition) is 1. The molecule has 0 amide bonds. The number of thiazole rings is 1. The van der Waals surface area contributed by atoms with Crippen molar-refractivity contribution in [2.75, 3.05) is 7.11 Å². The molecule has 0 aliphatic carbocycles. The summed E-state index contributed by atoms with van der Waals surface area (Å²) < 4.78 is 6.17. The lowest BCUT2D eigenvalue weighted by atomic mass is 10.3. The highest BCUT2D eigenvalue weighted by Gasteiger charge is 2.07. The molecule has 0 unspecified atom stereocenters. The molecule has 0 aromatic carbocycles. The van der Waals surface area contributed by atoms with E-state index in [9.17, 15) is 10.0 Å². The second-order valence-electron chi connectivity index (χ2n) is 3.15. The van der Waals surface area contributed by atoms with Crippen molar-refractivity contribution in [2.24, 2.45) is 4.99 Å². The molecule has 0 saturated carbocycles. The van der Waals surface area contributed by atoms with Crippen molar-refractivity contribution in [1.82, 2.24) is 9.71 Å². The van der Waals surface area contributed by atoms with Crippen LogP contribution in [0.3, 0.4) is 0 Å². The summed E-state index contributed by atoms with van der Waals surface area (Å²) >= 11 is 4.46. The minimum Gasteiger partial charge on any atom is -0.464 e. The number of pyridine rings is 1. The molecule has 0 atom stereocenters. The Bertz CT molecular complexity index is 650. The minimum absolute atomic E-state index is 0.166. The summed E-state index contributed by atoms with van der Waals surface area (Å²) in [4.78, 5) is 19.8. The molecule has 0 saturated heterocycles. The first kappa shape index (κ1) is 12.8. The molecule has 1 N–H and O–H groups in total. The predicted molar refractivity (Wildman–Crippen MR) is 68.0 cm³/mol. The van der Waals surface area contributed by atoms with Crippen LogP contribution in [0.2, 0.25) is 0 Å². The van der Waals surface area contributed by atoms with E-state index in [-0.39, 0.29) is 5.69 Å². The first-order valence-corrected chi connectivity index (χ1v) is 6.38. The number of aromatic nitrogens is 2. The zero-order valence-corrected chi connectivity index (χ0v) is 11.6. The summed E-state index contributed by atoms with van der Waals surface area (Å²) in [5.74, 6) is -0.216. The van der Waals surface area contributed by atoms with Crippen molar-refractivity contribution < 1.29 is 14.7 Å². The highest BCUT2D eigenvalue weighted by atomic mass is 79.9. The third kappa shape index (κ3) is 2.77. The Morgan fingerprint density at radius 2 is 2.39 bits per heavy atom. The van der Waals surface area contributed by atoms with Crippen molar-refractivity contribution in [1.29, 1.82) is 0 Å². The summed E-state index contributed by atoms with van der Waals surface area (Å²) in [6.07, 6.45) is 1.47. The molecule has 8 heteroatoms. The number of ether oxygens (including phenoxy) is 1. The fourth-order valence-electron chi connectivity index (χ4n) is 1.19. The molecule has 0 aliphatic rings. The van der Waals surface area contributed by atoms with Crippen LogP contribution < -0.4 is 4.80 Å². The average molecular weight is 330 g/mol. The zero-order chi connectivity index (χ0) is 13.1. The van der Waals surface area contributed by atoms with Crippen molar-refractivity contribution in [3.8, 4) is 0 Å². The van der Waals surface area contributed by atoms with Gasteiger partial charge in [0, 0.05) is 0 Å². The van der Waals surface area contributed by atoms with E-state index in [1.807, 2.05) is 0 Å². The fraction of sp³-hybridized carbons (Fsp3) is 0.100. The maximum atomic E-state index is 11.3. The number of nitrogens with zero attached hydrogens (tertiary/aromatic N) is 3. The van der Waals surface area contributed by atoms with Crippen LogP contribution in [-0.2, 0) is 4.74 Å². The lowest BCUT2D eigenvalue weighted by Gasteiger charge is -1.98. The minimum atomic E-state index is -0.531. The summed E-state index contributed by atoms with van der Waals surface area (Å²) in [6, 6.07) is 4.80. The third-order valence-electron chi connectivity index (χ3n) is 1.95. The molecule has 2 heterocycles. The summed E-state index contributed by atoms with van der Waals surface area (Å²) in [6.45, 7) is 0. The van der Waals surface area contributed by atoms with E-state index in [1.165, 1.54) is 30.7 Å². The number of hydrogen-bond acceptors (Lipinski definition) is 6. The molecule has 18 heavy (non-hydrogen) atoms. The summed E-state index contributed by atoms with van der Waals surface area (Å²) in [7, 11) is 1.28. The van der Waals surface area contributed by atoms with Crippen LogP contribution >= 0.6 is 27.3 Å². The van der Waals surface area contributed by atoms with Crippen molar-refractivity contribution in [3.63, 3.8) is 0 Å². The highest BCUT2D eigenvalue weighted by molar-refractivity contribution is 9.11. The summed E-state index contributed by atoms with van der Waals surface area (Å²) in [5, 5.41) is 9.50. The van der Waals surface area contributed by atoms with Gasteiger partial charge in [0.05, 0.1) is 17.1 Å². The highest BCUT2D eigenvalue weighted by Crippen LogP contribution is 2.13. The van der Waals surface area contributed by atoms with E-state index in [0.29, 0.717) is 10.6 Å². The van der Waals surface area contributed by atoms with Gasteiger partial charge in [0.15, 0.2) is 11.5 Å². The zero-order valence-electron chi connectivity index (χ0n) is 9.20. The van der Waals surface area contributed by atoms with Crippen LogP contribution in [0.4, 0.5) is 5.82 Å². The Morgan fingerprint density at radius 3 is 3.00 bits per heavy atom. The fourth-order valence-corrected chi connectivity index (χ4v) is 2.43. The Kier molecular flexibility index (Phi) is 3.78. The molecule has 2 aromatic heterocycles. The van der Waals surface area contributed by atoms with E-state index in [4.69, 9.17) is 0 Å². The van der Waals surface area contributed by atoms with Gasteiger partial charge < -0.3 is 9.94 Å². The van der Waals surface area contributed by atoms with Crippen LogP contribution in [-0.4, -0.2) is 28.0 Å². The van der Waals surface area contributed by atoms with E-state index in [2.05, 4.69) is 30.6 Å². The molecule has 2 rings (SSSR count). The van der Waals surface area contributed by atoms with E-state index in [1.54, 1.807) is 12.1 Å². The van der Waals surface area contributed by atoms with Crippen molar-refractivity contribution >= 4 is 39.1 Å². The van der Waals surface area contributed by atoms with Crippen molar-refractivity contribution in [2.45, 2.75) is 0 Å². The third-order valence-corrected chi connectivity index (χ3v) is 3.40. The summed E-state index contributed by atoms with van der Waals surface area (Å²) in [5.41, 5.74) is 0.166. The number of methoxy groups -OCH3 is 1. The maximum absolute atomic E-state index is 11.3. The lowest BCUT2D eigenvalue weighted by Crippen LogP contribution is -2.10. The van der Waals surface area contributed by atoms with Crippen LogP contribution in [0.25, 0.3) is 0 Å². The van der Waals surface area contributed by atoms with Gasteiger partial charge in [-0.15, -0.1) is 0 Å². The largest absolute Gasteiger partial charge is 0.464 e. The van der Waals surface area contributed by atoms with Gasteiger partial charge in [-0.3, -0.25) is 0 Å². The Balaban J connectivity index is 2.44. The molecule has 94 valence electrons. The Labute approximate surface area is 114 Å². The van der Waals surface area contributed by atoms with Crippen molar-refractivity contribution in [3.05, 3.63) is 38.7 Å². The van der Waals surface area contributed by atoms with E-state index in [0.717, 1.165) is 8.52 Å². The SMILES string of the molecule is COC(=O)c1cccc(/N=c2\sc(Br)cn2O)n1.